The van der Waals surface area contributed by atoms with Crippen LogP contribution in [0.4, 0.5) is 13.2 Å². The van der Waals surface area contributed by atoms with Crippen LogP contribution in [0, 0.1) is 11.8 Å². The van der Waals surface area contributed by atoms with Crippen molar-refractivity contribution in [3.05, 3.63) is 15.6 Å². The molecule has 11 heteroatoms. The molecule has 2 amide bonds. The molecule has 1 fully saturated rings. The second-order valence-electron chi connectivity index (χ2n) is 6.98. The lowest BCUT2D eigenvalue weighted by Gasteiger charge is -2.30. The summed E-state index contributed by atoms with van der Waals surface area (Å²) in [5, 5.41) is 11.5. The van der Waals surface area contributed by atoms with Crippen LogP contribution in [-0.2, 0) is 11.0 Å². The molecule has 0 saturated carbocycles. The maximum atomic E-state index is 13.2. The number of alkyl halides is 3. The number of nitrogens with zero attached hydrogens (tertiary/aromatic N) is 2. The molecule has 1 aromatic heterocycles. The number of carbonyl (C=O) groups is 2. The molecule has 1 unspecified atom stereocenters. The summed E-state index contributed by atoms with van der Waals surface area (Å²) in [6.07, 6.45) is -3.50. The van der Waals surface area contributed by atoms with E-state index in [-0.39, 0.29) is 22.8 Å². The number of hydrogen-bond acceptors (Lipinski definition) is 6. The van der Waals surface area contributed by atoms with Gasteiger partial charge in [0.15, 0.2) is 5.69 Å². The monoisotopic (exact) mass is 408 g/mol. The Balaban J connectivity index is 2.27. The van der Waals surface area contributed by atoms with Crippen LogP contribution in [0.25, 0.3) is 0 Å². The summed E-state index contributed by atoms with van der Waals surface area (Å²) < 4.78 is 39.6. The van der Waals surface area contributed by atoms with Crippen molar-refractivity contribution in [3.8, 4) is 0 Å². The highest BCUT2D eigenvalue weighted by Crippen LogP contribution is 2.37. The highest BCUT2D eigenvalue weighted by molar-refractivity contribution is 7.13. The number of hydroxylamine groups is 1. The van der Waals surface area contributed by atoms with Crippen LogP contribution < -0.4 is 10.8 Å². The first kappa shape index (κ1) is 21.6. The molecule has 0 spiro atoms. The zero-order valence-corrected chi connectivity index (χ0v) is 16.1. The minimum Gasteiger partial charge on any atom is -0.346 e. The van der Waals surface area contributed by atoms with Crippen molar-refractivity contribution in [2.75, 3.05) is 20.1 Å². The van der Waals surface area contributed by atoms with Gasteiger partial charge in [0.05, 0.1) is 6.04 Å². The van der Waals surface area contributed by atoms with E-state index in [1.165, 1.54) is 5.48 Å². The Kier molecular flexibility index (Phi) is 6.82. The van der Waals surface area contributed by atoms with E-state index in [9.17, 15) is 22.8 Å². The molecule has 7 nitrogen and oxygen atoms in total. The number of rotatable bonds is 5. The highest BCUT2D eigenvalue weighted by atomic mass is 32.1. The lowest BCUT2D eigenvalue weighted by Crippen LogP contribution is -2.41. The Bertz CT molecular complexity index is 685. The number of carbonyl (C=O) groups excluding carboxylic acids is 2. The molecule has 152 valence electrons. The first-order valence-electron chi connectivity index (χ1n) is 8.55. The van der Waals surface area contributed by atoms with Crippen LogP contribution in [0.2, 0.25) is 0 Å². The summed E-state index contributed by atoms with van der Waals surface area (Å²) in [5.74, 6) is -1.95. The van der Waals surface area contributed by atoms with Gasteiger partial charge in [-0.15, -0.1) is 11.3 Å². The molecule has 1 saturated heterocycles. The predicted octanol–water partition coefficient (Wildman–Crippen LogP) is 2.44. The molecular formula is C16H23F3N4O3S. The predicted molar refractivity (Wildman–Crippen MR) is 92.3 cm³/mol. The van der Waals surface area contributed by atoms with Crippen LogP contribution in [0.5, 0.6) is 0 Å². The Morgan fingerprint density at radius 1 is 1.30 bits per heavy atom. The van der Waals surface area contributed by atoms with E-state index in [0.29, 0.717) is 24.2 Å². The van der Waals surface area contributed by atoms with Crippen molar-refractivity contribution in [2.24, 2.45) is 11.8 Å². The maximum Gasteiger partial charge on any atom is 0.435 e. The third-order valence-corrected chi connectivity index (χ3v) is 5.68. The highest BCUT2D eigenvalue weighted by Gasteiger charge is 2.41. The SMILES string of the molecule is CC(C)C(NC(=O)C1CCN(C)CC1)c1nc(C(F)(F)F)c(C(=O)NO)s1. The van der Waals surface area contributed by atoms with Gasteiger partial charge >= 0.3 is 6.18 Å². The molecule has 3 N–H and O–H groups in total. The first-order chi connectivity index (χ1) is 12.5. The van der Waals surface area contributed by atoms with E-state index in [2.05, 4.69) is 15.2 Å². The lowest BCUT2D eigenvalue weighted by molar-refractivity contribution is -0.141. The number of amides is 2. The number of hydrogen-bond donors (Lipinski definition) is 3. The van der Waals surface area contributed by atoms with Gasteiger partial charge in [-0.05, 0) is 38.9 Å². The van der Waals surface area contributed by atoms with Gasteiger partial charge in [0.1, 0.15) is 9.88 Å². The Morgan fingerprint density at radius 3 is 2.37 bits per heavy atom. The largest absolute Gasteiger partial charge is 0.435 e. The van der Waals surface area contributed by atoms with Gasteiger partial charge in [0, 0.05) is 5.92 Å². The van der Waals surface area contributed by atoms with E-state index < -0.39 is 28.7 Å². The zero-order chi connectivity index (χ0) is 20.4. The molecule has 0 aliphatic carbocycles. The van der Waals surface area contributed by atoms with Crippen molar-refractivity contribution in [1.82, 2.24) is 20.7 Å². The molecule has 1 aliphatic heterocycles. The van der Waals surface area contributed by atoms with E-state index >= 15 is 0 Å². The molecule has 1 aromatic rings. The van der Waals surface area contributed by atoms with Gasteiger partial charge in [0.2, 0.25) is 5.91 Å². The zero-order valence-electron chi connectivity index (χ0n) is 15.3. The number of nitrogens with one attached hydrogen (secondary N) is 2. The smallest absolute Gasteiger partial charge is 0.346 e. The molecule has 27 heavy (non-hydrogen) atoms. The second-order valence-corrected chi connectivity index (χ2v) is 8.01. The molecule has 1 aliphatic rings. The van der Waals surface area contributed by atoms with Crippen LogP contribution >= 0.6 is 11.3 Å². The Morgan fingerprint density at radius 2 is 1.89 bits per heavy atom. The number of likely N-dealkylation sites (tertiary alicyclic amines) is 1. The second kappa shape index (κ2) is 8.53. The van der Waals surface area contributed by atoms with Crippen molar-refractivity contribution < 1.29 is 28.0 Å². The number of piperidine rings is 1. The van der Waals surface area contributed by atoms with Gasteiger partial charge in [-0.3, -0.25) is 14.8 Å². The van der Waals surface area contributed by atoms with Crippen LogP contribution in [0.3, 0.4) is 0 Å². The third kappa shape index (κ3) is 5.17. The fourth-order valence-corrected chi connectivity index (χ4v) is 4.12. The maximum absolute atomic E-state index is 13.2. The van der Waals surface area contributed by atoms with Crippen LogP contribution in [-0.4, -0.2) is 47.0 Å². The van der Waals surface area contributed by atoms with Gasteiger partial charge in [-0.1, -0.05) is 13.8 Å². The van der Waals surface area contributed by atoms with Gasteiger partial charge in [-0.2, -0.15) is 13.2 Å². The Labute approximate surface area is 158 Å². The lowest BCUT2D eigenvalue weighted by atomic mass is 9.95. The average molecular weight is 408 g/mol. The van der Waals surface area contributed by atoms with E-state index in [4.69, 9.17) is 5.21 Å². The topological polar surface area (TPSA) is 94.6 Å². The van der Waals surface area contributed by atoms with Crippen molar-refractivity contribution in [1.29, 1.82) is 0 Å². The minimum atomic E-state index is -4.85. The molecule has 0 bridgehead atoms. The summed E-state index contributed by atoms with van der Waals surface area (Å²) in [6.45, 7) is 5.06. The van der Waals surface area contributed by atoms with Gasteiger partial charge in [-0.25, -0.2) is 10.5 Å². The number of halogens is 3. The molecular weight excluding hydrogens is 385 g/mol. The van der Waals surface area contributed by atoms with E-state index in [1.807, 2.05) is 7.05 Å². The summed E-state index contributed by atoms with van der Waals surface area (Å²) >= 11 is 0.518. The van der Waals surface area contributed by atoms with Crippen LogP contribution in [0.15, 0.2) is 0 Å². The molecule has 2 rings (SSSR count). The standard InChI is InChI=1S/C16H23F3N4O3S/c1-8(2)10(20-13(24)9-4-6-23(3)7-5-9)15-21-12(16(17,18)19)11(27-15)14(25)22-26/h8-10,26H,4-7H2,1-3H3,(H,20,24)(H,22,25). The molecule has 2 heterocycles. The van der Waals surface area contributed by atoms with Crippen molar-refractivity contribution in [3.63, 3.8) is 0 Å². The summed E-state index contributed by atoms with van der Waals surface area (Å²) in [6, 6.07) is -0.761. The molecule has 0 radical (unpaired) electrons. The van der Waals surface area contributed by atoms with Crippen LogP contribution in [0.1, 0.15) is 53.1 Å². The summed E-state index contributed by atoms with van der Waals surface area (Å²) in [4.78, 5) is 29.1. The van der Waals surface area contributed by atoms with Gasteiger partial charge in [0.25, 0.3) is 5.91 Å². The minimum absolute atomic E-state index is 0.0165. The van der Waals surface area contributed by atoms with E-state index in [1.54, 1.807) is 13.8 Å². The molecule has 1 atom stereocenters. The normalized spacial score (nSPS) is 17.8. The van der Waals surface area contributed by atoms with Gasteiger partial charge < -0.3 is 10.2 Å². The van der Waals surface area contributed by atoms with E-state index in [0.717, 1.165) is 13.1 Å². The summed E-state index contributed by atoms with van der Waals surface area (Å²) in [5.41, 5.74) is -0.156. The molecule has 0 aromatic carbocycles. The fourth-order valence-electron chi connectivity index (χ4n) is 2.92. The number of aromatic nitrogens is 1. The Hall–Kier alpha value is -1.72. The van der Waals surface area contributed by atoms with Crippen molar-refractivity contribution in [2.45, 2.75) is 38.9 Å². The average Bonchev–Trinajstić information content (AvgIpc) is 3.04. The third-order valence-electron chi connectivity index (χ3n) is 4.54. The fraction of sp³-hybridized carbons (Fsp3) is 0.688. The quantitative estimate of drug-likeness (QED) is 0.514. The first-order valence-corrected chi connectivity index (χ1v) is 9.37. The summed E-state index contributed by atoms with van der Waals surface area (Å²) in [7, 11) is 1.97. The number of thiazole rings is 1. The van der Waals surface area contributed by atoms with Crippen molar-refractivity contribution >= 4 is 23.2 Å².